The zero-order chi connectivity index (χ0) is 15.8. The van der Waals surface area contributed by atoms with Crippen LogP contribution in [0.25, 0.3) is 0 Å². The summed E-state index contributed by atoms with van der Waals surface area (Å²) in [5.41, 5.74) is 0.124. The van der Waals surface area contributed by atoms with Gasteiger partial charge in [-0.05, 0) is 25.1 Å². The van der Waals surface area contributed by atoms with Gasteiger partial charge in [-0.2, -0.15) is 0 Å². The highest BCUT2D eigenvalue weighted by atomic mass is 79.9. The molecule has 116 valence electrons. The molecule has 0 aliphatic carbocycles. The number of carbonyl (C=O) groups is 2. The van der Waals surface area contributed by atoms with Gasteiger partial charge in [0.05, 0.1) is 18.8 Å². The molecule has 0 heterocycles. The molecule has 21 heavy (non-hydrogen) atoms. The van der Waals surface area contributed by atoms with E-state index >= 15 is 0 Å². The standard InChI is InChI=1S/C14H18BrNO5/c1-3-21-13(18)9-16(6-7-20-2)14(19)11-5-4-10(15)8-12(11)17/h4-5,8,17H,3,6-7,9H2,1-2H3. The average Bonchev–Trinajstić information content (AvgIpc) is 2.43. The highest BCUT2D eigenvalue weighted by Crippen LogP contribution is 2.23. The van der Waals surface area contributed by atoms with Gasteiger partial charge in [0.25, 0.3) is 5.91 Å². The molecule has 0 aromatic heterocycles. The minimum Gasteiger partial charge on any atom is -0.507 e. The van der Waals surface area contributed by atoms with Gasteiger partial charge in [0.2, 0.25) is 0 Å². The fourth-order valence-electron chi connectivity index (χ4n) is 1.67. The van der Waals surface area contributed by atoms with Gasteiger partial charge in [-0.3, -0.25) is 9.59 Å². The van der Waals surface area contributed by atoms with Crippen molar-refractivity contribution in [3.05, 3.63) is 28.2 Å². The summed E-state index contributed by atoms with van der Waals surface area (Å²) in [5, 5.41) is 9.85. The number of aromatic hydroxyl groups is 1. The van der Waals surface area contributed by atoms with E-state index in [1.165, 1.54) is 24.1 Å². The monoisotopic (exact) mass is 359 g/mol. The number of amides is 1. The predicted octanol–water partition coefficient (Wildman–Crippen LogP) is 1.81. The van der Waals surface area contributed by atoms with Crippen LogP contribution in [-0.2, 0) is 14.3 Å². The molecular weight excluding hydrogens is 342 g/mol. The first-order chi connectivity index (χ1) is 9.99. The quantitative estimate of drug-likeness (QED) is 0.751. The third-order valence-corrected chi connectivity index (χ3v) is 3.16. The van der Waals surface area contributed by atoms with Gasteiger partial charge >= 0.3 is 5.97 Å². The van der Waals surface area contributed by atoms with Crippen LogP contribution < -0.4 is 0 Å². The van der Waals surface area contributed by atoms with Crippen molar-refractivity contribution in [2.45, 2.75) is 6.92 Å². The SMILES string of the molecule is CCOC(=O)CN(CCOC)C(=O)c1ccc(Br)cc1O. The second-order valence-electron chi connectivity index (χ2n) is 4.19. The van der Waals surface area contributed by atoms with Crippen LogP contribution in [0.3, 0.4) is 0 Å². The lowest BCUT2D eigenvalue weighted by atomic mass is 10.1. The second-order valence-corrected chi connectivity index (χ2v) is 5.10. The van der Waals surface area contributed by atoms with Crippen molar-refractivity contribution in [2.24, 2.45) is 0 Å². The van der Waals surface area contributed by atoms with E-state index in [1.807, 2.05) is 0 Å². The second kappa shape index (κ2) is 8.63. The summed E-state index contributed by atoms with van der Waals surface area (Å²) < 4.78 is 10.4. The number of carbonyl (C=O) groups excluding carboxylic acids is 2. The molecule has 0 atom stereocenters. The Balaban J connectivity index is 2.90. The molecule has 0 fully saturated rings. The normalized spacial score (nSPS) is 10.2. The Hall–Kier alpha value is -1.60. The van der Waals surface area contributed by atoms with Crippen molar-refractivity contribution >= 4 is 27.8 Å². The van der Waals surface area contributed by atoms with Crippen LogP contribution >= 0.6 is 15.9 Å². The van der Waals surface area contributed by atoms with Crippen molar-refractivity contribution in [2.75, 3.05) is 33.4 Å². The molecule has 0 bridgehead atoms. The summed E-state index contributed by atoms with van der Waals surface area (Å²) in [7, 11) is 1.50. The van der Waals surface area contributed by atoms with Crippen molar-refractivity contribution in [1.29, 1.82) is 0 Å². The van der Waals surface area contributed by atoms with Gasteiger partial charge in [0.1, 0.15) is 12.3 Å². The smallest absolute Gasteiger partial charge is 0.325 e. The number of methoxy groups -OCH3 is 1. The summed E-state index contributed by atoms with van der Waals surface area (Å²) in [6, 6.07) is 4.56. The maximum absolute atomic E-state index is 12.4. The third kappa shape index (κ3) is 5.35. The minimum absolute atomic E-state index is 0.124. The molecule has 1 aromatic carbocycles. The Kier molecular flexibility index (Phi) is 7.18. The number of nitrogens with zero attached hydrogens (tertiary/aromatic N) is 1. The molecule has 0 saturated carbocycles. The lowest BCUT2D eigenvalue weighted by Gasteiger charge is -2.21. The first-order valence-electron chi connectivity index (χ1n) is 6.42. The van der Waals surface area contributed by atoms with E-state index < -0.39 is 11.9 Å². The highest BCUT2D eigenvalue weighted by molar-refractivity contribution is 9.10. The van der Waals surface area contributed by atoms with Crippen LogP contribution in [0.5, 0.6) is 5.75 Å². The number of esters is 1. The number of hydrogen-bond acceptors (Lipinski definition) is 5. The van der Waals surface area contributed by atoms with E-state index in [9.17, 15) is 14.7 Å². The number of benzene rings is 1. The topological polar surface area (TPSA) is 76.1 Å². The van der Waals surface area contributed by atoms with Gasteiger partial charge in [-0.15, -0.1) is 0 Å². The maximum Gasteiger partial charge on any atom is 0.325 e. The molecule has 1 N–H and O–H groups in total. The number of phenols is 1. The molecular formula is C14H18BrNO5. The molecule has 7 heteroatoms. The van der Waals surface area contributed by atoms with E-state index in [1.54, 1.807) is 13.0 Å². The molecule has 0 radical (unpaired) electrons. The Morgan fingerprint density at radius 3 is 2.67 bits per heavy atom. The fraction of sp³-hybridized carbons (Fsp3) is 0.429. The van der Waals surface area contributed by atoms with Crippen LogP contribution in [-0.4, -0.2) is 55.3 Å². The molecule has 1 rings (SSSR count). The number of ether oxygens (including phenoxy) is 2. The van der Waals surface area contributed by atoms with Crippen molar-refractivity contribution in [3.63, 3.8) is 0 Å². The fourth-order valence-corrected chi connectivity index (χ4v) is 2.02. The van der Waals surface area contributed by atoms with E-state index in [4.69, 9.17) is 9.47 Å². The average molecular weight is 360 g/mol. The number of phenolic OH excluding ortho intramolecular Hbond substituents is 1. The van der Waals surface area contributed by atoms with Crippen LogP contribution in [0, 0.1) is 0 Å². The van der Waals surface area contributed by atoms with E-state index in [2.05, 4.69) is 15.9 Å². The molecule has 0 aliphatic rings. The van der Waals surface area contributed by atoms with Gasteiger partial charge in [0, 0.05) is 18.1 Å². The van der Waals surface area contributed by atoms with Crippen LogP contribution in [0.4, 0.5) is 0 Å². The Labute approximate surface area is 131 Å². The molecule has 1 aromatic rings. The van der Waals surface area contributed by atoms with Crippen molar-refractivity contribution in [3.8, 4) is 5.75 Å². The zero-order valence-electron chi connectivity index (χ0n) is 12.0. The first kappa shape index (κ1) is 17.5. The lowest BCUT2D eigenvalue weighted by molar-refractivity contribution is -0.143. The van der Waals surface area contributed by atoms with E-state index in [0.717, 1.165) is 0 Å². The number of rotatable bonds is 7. The molecule has 6 nitrogen and oxygen atoms in total. The summed E-state index contributed by atoms with van der Waals surface area (Å²) in [4.78, 5) is 25.3. The predicted molar refractivity (Wildman–Crippen MR) is 80.2 cm³/mol. The maximum atomic E-state index is 12.4. The molecule has 1 amide bonds. The highest BCUT2D eigenvalue weighted by Gasteiger charge is 2.21. The van der Waals surface area contributed by atoms with E-state index in [0.29, 0.717) is 4.47 Å². The number of halogens is 1. The van der Waals surface area contributed by atoms with Crippen LogP contribution in [0.15, 0.2) is 22.7 Å². The van der Waals surface area contributed by atoms with E-state index in [-0.39, 0.29) is 37.6 Å². The molecule has 0 spiro atoms. The summed E-state index contributed by atoms with van der Waals surface area (Å²) in [6.07, 6.45) is 0. The zero-order valence-corrected chi connectivity index (χ0v) is 13.6. The minimum atomic E-state index is -0.501. The van der Waals surface area contributed by atoms with Crippen LogP contribution in [0.1, 0.15) is 17.3 Å². The third-order valence-electron chi connectivity index (χ3n) is 2.67. The Morgan fingerprint density at radius 1 is 1.38 bits per heavy atom. The van der Waals surface area contributed by atoms with Gasteiger partial charge in [-0.1, -0.05) is 15.9 Å². The lowest BCUT2D eigenvalue weighted by Crippen LogP contribution is -2.38. The summed E-state index contributed by atoms with van der Waals surface area (Å²) >= 11 is 3.21. The largest absolute Gasteiger partial charge is 0.507 e. The summed E-state index contributed by atoms with van der Waals surface area (Å²) in [6.45, 7) is 2.26. The van der Waals surface area contributed by atoms with Crippen LogP contribution in [0.2, 0.25) is 0 Å². The van der Waals surface area contributed by atoms with Gasteiger partial charge in [-0.25, -0.2) is 0 Å². The Morgan fingerprint density at radius 2 is 2.10 bits per heavy atom. The molecule has 0 unspecified atom stereocenters. The molecule has 0 aliphatic heterocycles. The van der Waals surface area contributed by atoms with Gasteiger partial charge < -0.3 is 19.5 Å². The Bertz CT molecular complexity index is 506. The van der Waals surface area contributed by atoms with Gasteiger partial charge in [0.15, 0.2) is 0 Å². The number of hydrogen-bond donors (Lipinski definition) is 1. The first-order valence-corrected chi connectivity index (χ1v) is 7.21. The summed E-state index contributed by atoms with van der Waals surface area (Å²) in [5.74, 6) is -1.11. The van der Waals surface area contributed by atoms with Crippen molar-refractivity contribution < 1.29 is 24.2 Å². The molecule has 0 saturated heterocycles. The van der Waals surface area contributed by atoms with Crippen molar-refractivity contribution in [1.82, 2.24) is 4.90 Å².